The number of anilines is 1. The zero-order valence-electron chi connectivity index (χ0n) is 9.97. The van der Waals surface area contributed by atoms with E-state index in [1.807, 2.05) is 12.3 Å². The van der Waals surface area contributed by atoms with Gasteiger partial charge in [0.25, 0.3) is 0 Å². The van der Waals surface area contributed by atoms with Gasteiger partial charge in [-0.25, -0.2) is 13.4 Å². The molecule has 0 aromatic carbocycles. The van der Waals surface area contributed by atoms with Crippen LogP contribution in [0.15, 0.2) is 5.38 Å². The number of aryl methyl sites for hydroxylation is 1. The first-order chi connectivity index (χ1) is 8.44. The predicted octanol–water partition coefficient (Wildman–Crippen LogP) is 0.167. The maximum Gasteiger partial charge on any atom is 0.227 e. The molecule has 2 rings (SSSR count). The number of sulfone groups is 1. The van der Waals surface area contributed by atoms with Crippen molar-refractivity contribution in [3.05, 3.63) is 11.1 Å². The van der Waals surface area contributed by atoms with Crippen molar-refractivity contribution in [2.24, 2.45) is 0 Å². The second-order valence-corrected chi connectivity index (χ2v) is 7.40. The molecule has 0 bridgehead atoms. The minimum Gasteiger partial charge on any atom is -0.311 e. The number of hydrogen-bond acceptors (Lipinski definition) is 6. The van der Waals surface area contributed by atoms with E-state index in [-0.39, 0.29) is 29.9 Å². The molecule has 6 nitrogen and oxygen atoms in total. The van der Waals surface area contributed by atoms with Crippen molar-refractivity contribution in [2.75, 3.05) is 23.4 Å². The van der Waals surface area contributed by atoms with Gasteiger partial charge >= 0.3 is 0 Å². The highest BCUT2D eigenvalue weighted by molar-refractivity contribution is 7.91. The van der Waals surface area contributed by atoms with Crippen LogP contribution >= 0.6 is 11.3 Å². The lowest BCUT2D eigenvalue weighted by atomic mass is 10.2. The largest absolute Gasteiger partial charge is 0.311 e. The third-order valence-electron chi connectivity index (χ3n) is 2.60. The number of nitrogens with one attached hydrogen (secondary N) is 2. The van der Waals surface area contributed by atoms with Crippen LogP contribution < -0.4 is 10.6 Å². The van der Waals surface area contributed by atoms with Crippen molar-refractivity contribution in [1.82, 2.24) is 10.3 Å². The van der Waals surface area contributed by atoms with Gasteiger partial charge < -0.3 is 10.6 Å². The van der Waals surface area contributed by atoms with Crippen molar-refractivity contribution in [1.29, 1.82) is 0 Å². The van der Waals surface area contributed by atoms with Gasteiger partial charge in [0.05, 0.1) is 17.2 Å². The number of rotatable bonds is 3. The van der Waals surface area contributed by atoms with Gasteiger partial charge in [0.1, 0.15) is 0 Å². The Balaban J connectivity index is 1.88. The number of hydrogen-bond donors (Lipinski definition) is 2. The third kappa shape index (κ3) is 3.76. The van der Waals surface area contributed by atoms with E-state index < -0.39 is 9.84 Å². The van der Waals surface area contributed by atoms with Gasteiger partial charge in [0.2, 0.25) is 5.91 Å². The first-order valence-corrected chi connectivity index (χ1v) is 8.30. The van der Waals surface area contributed by atoms with E-state index in [1.54, 1.807) is 0 Å². The van der Waals surface area contributed by atoms with Gasteiger partial charge in [-0.05, 0) is 6.92 Å². The molecule has 2 N–H and O–H groups in total. The molecule has 1 aliphatic heterocycles. The lowest BCUT2D eigenvalue weighted by Gasteiger charge is -2.22. The molecular weight excluding hydrogens is 274 g/mol. The van der Waals surface area contributed by atoms with Crippen LogP contribution in [0.1, 0.15) is 12.1 Å². The summed E-state index contributed by atoms with van der Waals surface area (Å²) in [5.74, 6) is -0.0346. The molecule has 2 heterocycles. The maximum atomic E-state index is 11.7. The number of carbonyl (C=O) groups excluding carboxylic acids is 1. The SMILES string of the molecule is Cc1csc(NC(=O)CC2CS(=O)(=O)CCN2)n1. The summed E-state index contributed by atoms with van der Waals surface area (Å²) in [5, 5.41) is 8.11. The summed E-state index contributed by atoms with van der Waals surface area (Å²) in [7, 11) is -3.00. The summed E-state index contributed by atoms with van der Waals surface area (Å²) in [4.78, 5) is 15.8. The number of aromatic nitrogens is 1. The molecule has 1 unspecified atom stereocenters. The van der Waals surface area contributed by atoms with Crippen molar-refractivity contribution in [2.45, 2.75) is 19.4 Å². The zero-order chi connectivity index (χ0) is 13.2. The number of carbonyl (C=O) groups is 1. The monoisotopic (exact) mass is 289 g/mol. The van der Waals surface area contributed by atoms with Gasteiger partial charge in [-0.1, -0.05) is 0 Å². The van der Waals surface area contributed by atoms with E-state index in [1.165, 1.54) is 11.3 Å². The summed E-state index contributed by atoms with van der Waals surface area (Å²) in [6, 6.07) is -0.301. The molecule has 100 valence electrons. The molecule has 1 aromatic rings. The first kappa shape index (κ1) is 13.4. The highest BCUT2D eigenvalue weighted by atomic mass is 32.2. The van der Waals surface area contributed by atoms with E-state index in [2.05, 4.69) is 15.6 Å². The lowest BCUT2D eigenvalue weighted by Crippen LogP contribution is -2.46. The average Bonchev–Trinajstić information content (AvgIpc) is 2.62. The number of thiazole rings is 1. The molecule has 0 radical (unpaired) electrons. The molecule has 1 fully saturated rings. The topological polar surface area (TPSA) is 88.2 Å². The molecule has 1 aromatic heterocycles. The van der Waals surface area contributed by atoms with Crippen LogP contribution in [0.3, 0.4) is 0 Å². The van der Waals surface area contributed by atoms with Crippen LogP contribution in [-0.4, -0.2) is 43.4 Å². The van der Waals surface area contributed by atoms with Crippen LogP contribution in [0, 0.1) is 6.92 Å². The molecule has 1 saturated heterocycles. The fraction of sp³-hybridized carbons (Fsp3) is 0.600. The number of nitrogens with zero attached hydrogens (tertiary/aromatic N) is 1. The first-order valence-electron chi connectivity index (χ1n) is 5.60. The fourth-order valence-electron chi connectivity index (χ4n) is 1.80. The van der Waals surface area contributed by atoms with Crippen LogP contribution in [0.2, 0.25) is 0 Å². The Kier molecular flexibility index (Phi) is 3.98. The highest BCUT2D eigenvalue weighted by Crippen LogP contribution is 2.15. The van der Waals surface area contributed by atoms with Crippen LogP contribution in [0.4, 0.5) is 5.13 Å². The maximum absolute atomic E-state index is 11.7. The minimum atomic E-state index is -3.00. The van der Waals surface area contributed by atoms with E-state index in [0.29, 0.717) is 11.7 Å². The number of amides is 1. The zero-order valence-corrected chi connectivity index (χ0v) is 11.6. The standard InChI is InChI=1S/C10H15N3O3S2/c1-7-5-17-10(12-7)13-9(14)4-8-6-18(15,16)3-2-11-8/h5,8,11H,2-4,6H2,1H3,(H,12,13,14). The normalized spacial score (nSPS) is 22.6. The molecule has 1 aliphatic rings. The van der Waals surface area contributed by atoms with Gasteiger partial charge in [-0.3, -0.25) is 4.79 Å². The van der Waals surface area contributed by atoms with Gasteiger partial charge in [-0.15, -0.1) is 11.3 Å². The Morgan fingerprint density at radius 2 is 2.44 bits per heavy atom. The van der Waals surface area contributed by atoms with Crippen LogP contribution in [0.25, 0.3) is 0 Å². The summed E-state index contributed by atoms with van der Waals surface area (Å²) in [6.07, 6.45) is 0.151. The average molecular weight is 289 g/mol. The van der Waals surface area contributed by atoms with Crippen molar-refractivity contribution in [3.63, 3.8) is 0 Å². The summed E-state index contributed by atoms with van der Waals surface area (Å²) < 4.78 is 22.8. The quantitative estimate of drug-likeness (QED) is 0.828. The van der Waals surface area contributed by atoms with E-state index >= 15 is 0 Å². The Morgan fingerprint density at radius 1 is 1.67 bits per heavy atom. The molecule has 1 amide bonds. The Labute approximate surface area is 110 Å². The molecular formula is C10H15N3O3S2. The molecule has 8 heteroatoms. The lowest BCUT2D eigenvalue weighted by molar-refractivity contribution is -0.116. The minimum absolute atomic E-state index is 0.0251. The second-order valence-electron chi connectivity index (χ2n) is 4.31. The highest BCUT2D eigenvalue weighted by Gasteiger charge is 2.26. The van der Waals surface area contributed by atoms with Gasteiger partial charge in [0.15, 0.2) is 15.0 Å². The van der Waals surface area contributed by atoms with Gasteiger partial charge in [0, 0.05) is 24.4 Å². The summed E-state index contributed by atoms with van der Waals surface area (Å²) in [5.41, 5.74) is 0.855. The predicted molar refractivity (Wildman–Crippen MR) is 70.5 cm³/mol. The van der Waals surface area contributed by atoms with E-state index in [9.17, 15) is 13.2 Å². The van der Waals surface area contributed by atoms with Gasteiger partial charge in [-0.2, -0.15) is 0 Å². The smallest absolute Gasteiger partial charge is 0.227 e. The van der Waals surface area contributed by atoms with E-state index in [0.717, 1.165) is 5.69 Å². The Bertz CT molecular complexity index is 538. The second kappa shape index (κ2) is 5.33. The van der Waals surface area contributed by atoms with E-state index in [4.69, 9.17) is 0 Å². The van der Waals surface area contributed by atoms with Crippen molar-refractivity contribution in [3.8, 4) is 0 Å². The molecule has 0 aliphatic carbocycles. The molecule has 1 atom stereocenters. The molecule has 0 saturated carbocycles. The fourth-order valence-corrected chi connectivity index (χ4v) is 3.95. The van der Waals surface area contributed by atoms with Crippen molar-refractivity contribution < 1.29 is 13.2 Å². The summed E-state index contributed by atoms with van der Waals surface area (Å²) >= 11 is 1.36. The Hall–Kier alpha value is -0.990. The third-order valence-corrected chi connectivity index (χ3v) is 5.21. The molecule has 0 spiro atoms. The summed E-state index contributed by atoms with van der Waals surface area (Å²) in [6.45, 7) is 2.26. The van der Waals surface area contributed by atoms with Crippen LogP contribution in [-0.2, 0) is 14.6 Å². The van der Waals surface area contributed by atoms with Crippen LogP contribution in [0.5, 0.6) is 0 Å². The Morgan fingerprint density at radius 3 is 3.06 bits per heavy atom. The van der Waals surface area contributed by atoms with Crippen molar-refractivity contribution >= 4 is 32.2 Å². The molecule has 18 heavy (non-hydrogen) atoms.